The molecule has 0 unspecified atom stereocenters. The van der Waals surface area contributed by atoms with Crippen molar-refractivity contribution in [1.82, 2.24) is 20.3 Å². The van der Waals surface area contributed by atoms with E-state index in [1.54, 1.807) is 24.8 Å². The summed E-state index contributed by atoms with van der Waals surface area (Å²) in [7, 11) is 0. The van der Waals surface area contributed by atoms with Crippen LogP contribution in [0.2, 0.25) is 0 Å². The molecule has 2 aromatic rings. The van der Waals surface area contributed by atoms with Crippen molar-refractivity contribution in [2.75, 3.05) is 0 Å². The van der Waals surface area contributed by atoms with Crippen molar-refractivity contribution >= 4 is 15.9 Å². The average Bonchev–Trinajstić information content (AvgIpc) is 2.38. The lowest BCUT2D eigenvalue weighted by molar-refractivity contribution is 0.456. The molecule has 2 rings (SSSR count). The number of nitrogens with zero attached hydrogens (tertiary/aromatic N) is 3. The molecular formula is C13H15BrN4O. The Balaban J connectivity index is 1.98. The van der Waals surface area contributed by atoms with Crippen LogP contribution >= 0.6 is 15.9 Å². The summed E-state index contributed by atoms with van der Waals surface area (Å²) in [4.78, 5) is 12.5. The zero-order valence-electron chi connectivity index (χ0n) is 10.8. The zero-order valence-corrected chi connectivity index (χ0v) is 12.4. The molecule has 0 atom stereocenters. The Hall–Kier alpha value is -1.53. The third-order valence-corrected chi connectivity index (χ3v) is 2.71. The summed E-state index contributed by atoms with van der Waals surface area (Å²) in [6.45, 7) is 4.87. The minimum absolute atomic E-state index is 0.422. The van der Waals surface area contributed by atoms with E-state index in [9.17, 15) is 0 Å². The average molecular weight is 323 g/mol. The van der Waals surface area contributed by atoms with Crippen LogP contribution in [0.4, 0.5) is 0 Å². The van der Waals surface area contributed by atoms with Crippen molar-refractivity contribution in [1.29, 1.82) is 0 Å². The van der Waals surface area contributed by atoms with E-state index in [1.165, 1.54) is 0 Å². The highest BCUT2D eigenvalue weighted by molar-refractivity contribution is 9.10. The van der Waals surface area contributed by atoms with Gasteiger partial charge in [0.05, 0.1) is 24.3 Å². The minimum atomic E-state index is 0.422. The van der Waals surface area contributed by atoms with Gasteiger partial charge in [-0.1, -0.05) is 13.8 Å². The molecule has 0 fully saturated rings. The maximum atomic E-state index is 5.55. The van der Waals surface area contributed by atoms with Gasteiger partial charge in [0.1, 0.15) is 5.75 Å². The summed E-state index contributed by atoms with van der Waals surface area (Å²) in [5.74, 6) is 1.07. The van der Waals surface area contributed by atoms with Crippen LogP contribution in [0.1, 0.15) is 19.5 Å². The van der Waals surface area contributed by atoms with Crippen molar-refractivity contribution in [3.05, 3.63) is 41.0 Å². The summed E-state index contributed by atoms with van der Waals surface area (Å²) in [6.07, 6.45) is 6.63. The Labute approximate surface area is 120 Å². The maximum absolute atomic E-state index is 5.55. The number of ether oxygens (including phenoxy) is 1. The molecule has 0 radical (unpaired) electrons. The van der Waals surface area contributed by atoms with Gasteiger partial charge < -0.3 is 10.1 Å². The molecule has 0 aliphatic carbocycles. The van der Waals surface area contributed by atoms with Crippen LogP contribution in [-0.4, -0.2) is 21.0 Å². The highest BCUT2D eigenvalue weighted by Crippen LogP contribution is 2.20. The summed E-state index contributed by atoms with van der Waals surface area (Å²) in [5, 5.41) is 3.28. The monoisotopic (exact) mass is 322 g/mol. The molecule has 100 valence electrons. The van der Waals surface area contributed by atoms with Gasteiger partial charge in [-0.15, -0.1) is 0 Å². The van der Waals surface area contributed by atoms with Gasteiger partial charge in [-0.2, -0.15) is 0 Å². The first-order valence-electron chi connectivity index (χ1n) is 5.96. The number of hydrogen-bond donors (Lipinski definition) is 1. The molecule has 0 aliphatic heterocycles. The summed E-state index contributed by atoms with van der Waals surface area (Å²) in [6, 6.07) is 2.24. The summed E-state index contributed by atoms with van der Waals surface area (Å²) < 4.78 is 6.41. The van der Waals surface area contributed by atoms with Crippen molar-refractivity contribution in [3.63, 3.8) is 0 Å². The topological polar surface area (TPSA) is 59.9 Å². The Kier molecular flexibility index (Phi) is 4.81. The van der Waals surface area contributed by atoms with Crippen LogP contribution < -0.4 is 10.1 Å². The standard InChI is InChI=1S/C13H15BrN4O/c1-9(2)16-5-11-6-18-13(8-17-11)19-12-3-10(14)4-15-7-12/h3-4,6-9,16H,5H2,1-2H3. The van der Waals surface area contributed by atoms with E-state index in [0.717, 1.165) is 10.2 Å². The smallest absolute Gasteiger partial charge is 0.237 e. The number of halogens is 1. The normalized spacial score (nSPS) is 10.7. The number of aromatic nitrogens is 3. The van der Waals surface area contributed by atoms with E-state index < -0.39 is 0 Å². The van der Waals surface area contributed by atoms with Crippen LogP contribution in [0.15, 0.2) is 35.3 Å². The van der Waals surface area contributed by atoms with E-state index in [2.05, 4.69) is 50.0 Å². The number of nitrogens with one attached hydrogen (secondary N) is 1. The molecule has 0 saturated carbocycles. The van der Waals surface area contributed by atoms with Crippen molar-refractivity contribution in [2.45, 2.75) is 26.4 Å². The second-order valence-electron chi connectivity index (χ2n) is 4.32. The fourth-order valence-electron chi connectivity index (χ4n) is 1.36. The van der Waals surface area contributed by atoms with Gasteiger partial charge in [-0.25, -0.2) is 4.98 Å². The molecule has 19 heavy (non-hydrogen) atoms. The Bertz CT molecular complexity index is 530. The second-order valence-corrected chi connectivity index (χ2v) is 5.24. The first-order valence-corrected chi connectivity index (χ1v) is 6.75. The summed E-state index contributed by atoms with van der Waals surface area (Å²) in [5.41, 5.74) is 0.883. The van der Waals surface area contributed by atoms with Gasteiger partial charge in [0.2, 0.25) is 5.88 Å². The van der Waals surface area contributed by atoms with Crippen LogP contribution in [0.25, 0.3) is 0 Å². The third-order valence-electron chi connectivity index (χ3n) is 2.28. The quantitative estimate of drug-likeness (QED) is 0.917. The van der Waals surface area contributed by atoms with E-state index in [4.69, 9.17) is 4.74 Å². The molecule has 0 amide bonds. The first kappa shape index (κ1) is 13.9. The lowest BCUT2D eigenvalue weighted by atomic mass is 10.3. The van der Waals surface area contributed by atoms with E-state index >= 15 is 0 Å². The molecule has 0 aliphatic rings. The van der Waals surface area contributed by atoms with Crippen LogP contribution in [-0.2, 0) is 6.54 Å². The van der Waals surface area contributed by atoms with Gasteiger partial charge in [-0.05, 0) is 22.0 Å². The SMILES string of the molecule is CC(C)NCc1cnc(Oc2cncc(Br)c2)cn1. The highest BCUT2D eigenvalue weighted by atomic mass is 79.9. The van der Waals surface area contributed by atoms with Crippen molar-refractivity contribution in [2.24, 2.45) is 0 Å². The fraction of sp³-hybridized carbons (Fsp3) is 0.308. The predicted molar refractivity (Wildman–Crippen MR) is 76.0 cm³/mol. The molecular weight excluding hydrogens is 308 g/mol. The molecule has 0 aromatic carbocycles. The number of hydrogen-bond acceptors (Lipinski definition) is 5. The van der Waals surface area contributed by atoms with Gasteiger partial charge in [0.15, 0.2) is 0 Å². The maximum Gasteiger partial charge on any atom is 0.237 e. The predicted octanol–water partition coefficient (Wildman–Crippen LogP) is 2.92. The lowest BCUT2D eigenvalue weighted by Gasteiger charge is -2.08. The number of pyridine rings is 1. The largest absolute Gasteiger partial charge is 0.436 e. The van der Waals surface area contributed by atoms with Gasteiger partial charge in [0.25, 0.3) is 0 Å². The van der Waals surface area contributed by atoms with E-state index in [0.29, 0.717) is 24.2 Å². The summed E-state index contributed by atoms with van der Waals surface area (Å²) >= 11 is 3.33. The van der Waals surface area contributed by atoms with E-state index in [1.807, 2.05) is 6.07 Å². The Morgan fingerprint density at radius 2 is 2.05 bits per heavy atom. The molecule has 2 heterocycles. The van der Waals surface area contributed by atoms with Crippen LogP contribution in [0.3, 0.4) is 0 Å². The molecule has 5 nitrogen and oxygen atoms in total. The minimum Gasteiger partial charge on any atom is -0.436 e. The Morgan fingerprint density at radius 1 is 1.21 bits per heavy atom. The van der Waals surface area contributed by atoms with Gasteiger partial charge in [-0.3, -0.25) is 9.97 Å². The molecule has 2 aromatic heterocycles. The van der Waals surface area contributed by atoms with Crippen LogP contribution in [0.5, 0.6) is 11.6 Å². The highest BCUT2D eigenvalue weighted by Gasteiger charge is 2.02. The molecule has 1 N–H and O–H groups in total. The third kappa shape index (κ3) is 4.57. The number of rotatable bonds is 5. The van der Waals surface area contributed by atoms with Crippen molar-refractivity contribution in [3.8, 4) is 11.6 Å². The fourth-order valence-corrected chi connectivity index (χ4v) is 1.71. The molecule has 6 heteroatoms. The van der Waals surface area contributed by atoms with Gasteiger partial charge >= 0.3 is 0 Å². The zero-order chi connectivity index (χ0) is 13.7. The lowest BCUT2D eigenvalue weighted by Crippen LogP contribution is -2.22. The molecule has 0 spiro atoms. The van der Waals surface area contributed by atoms with Crippen LogP contribution in [0, 0.1) is 0 Å². The molecule has 0 bridgehead atoms. The Morgan fingerprint density at radius 3 is 2.68 bits per heavy atom. The van der Waals surface area contributed by atoms with E-state index in [-0.39, 0.29) is 0 Å². The second kappa shape index (κ2) is 6.58. The first-order chi connectivity index (χ1) is 9.13. The van der Waals surface area contributed by atoms with Gasteiger partial charge in [0, 0.05) is 23.3 Å². The molecule has 0 saturated heterocycles. The van der Waals surface area contributed by atoms with Crippen molar-refractivity contribution < 1.29 is 4.74 Å².